The molecule has 0 fully saturated rings. The van der Waals surface area contributed by atoms with Crippen molar-refractivity contribution in [1.29, 1.82) is 0 Å². The van der Waals surface area contributed by atoms with E-state index in [9.17, 15) is 8.42 Å². The molecule has 0 atom stereocenters. The van der Waals surface area contributed by atoms with Crippen molar-refractivity contribution in [1.82, 2.24) is 0 Å². The lowest BCUT2D eigenvalue weighted by Crippen LogP contribution is -2.00. The average molecular weight is 287 g/mol. The number of aryl methyl sites for hydroxylation is 1. The van der Waals surface area contributed by atoms with E-state index in [4.69, 9.17) is 0 Å². The molecule has 2 aromatic carbocycles. The first-order chi connectivity index (χ1) is 9.49. The highest BCUT2D eigenvalue weighted by molar-refractivity contribution is 7.93. The zero-order chi connectivity index (χ0) is 14.6. The van der Waals surface area contributed by atoms with E-state index >= 15 is 0 Å². The van der Waals surface area contributed by atoms with Gasteiger partial charge in [-0.05, 0) is 31.5 Å². The maximum absolute atomic E-state index is 12.0. The predicted molar refractivity (Wildman–Crippen MR) is 80.4 cm³/mol. The minimum atomic E-state index is -3.74. The Labute approximate surface area is 119 Å². The summed E-state index contributed by atoms with van der Waals surface area (Å²) in [5.74, 6) is 0. The van der Waals surface area contributed by atoms with Gasteiger partial charge in [-0.3, -0.25) is 0 Å². The fraction of sp³-hybridized carbons (Fsp3) is 0.133. The van der Waals surface area contributed by atoms with Gasteiger partial charge in [0, 0.05) is 5.71 Å². The molecule has 4 nitrogen and oxygen atoms in total. The second-order valence-electron chi connectivity index (χ2n) is 4.42. The van der Waals surface area contributed by atoms with E-state index in [0.717, 1.165) is 11.1 Å². The molecule has 2 aromatic rings. The van der Waals surface area contributed by atoms with Crippen LogP contribution in [0.15, 0.2) is 64.6 Å². The lowest BCUT2D eigenvalue weighted by molar-refractivity contribution is 0.602. The SMILES string of the molecule is C/C(=N\[N-]S(=O)(=O)c1ccc(C)cc1)c1ccccc1. The number of benzene rings is 2. The van der Waals surface area contributed by atoms with E-state index in [1.165, 1.54) is 12.1 Å². The van der Waals surface area contributed by atoms with Crippen molar-refractivity contribution in [3.63, 3.8) is 0 Å². The fourth-order valence-corrected chi connectivity index (χ4v) is 2.41. The Morgan fingerprint density at radius 3 is 2.20 bits per heavy atom. The minimum Gasteiger partial charge on any atom is -0.490 e. The average Bonchev–Trinajstić information content (AvgIpc) is 2.46. The third-order valence-electron chi connectivity index (χ3n) is 2.81. The van der Waals surface area contributed by atoms with E-state index in [0.29, 0.717) is 5.71 Å². The summed E-state index contributed by atoms with van der Waals surface area (Å²) in [4.78, 5) is 3.64. The predicted octanol–water partition coefficient (Wildman–Crippen LogP) is 3.48. The van der Waals surface area contributed by atoms with Gasteiger partial charge in [-0.25, -0.2) is 8.42 Å². The Kier molecular flexibility index (Phi) is 4.20. The molecule has 0 bridgehead atoms. The molecule has 0 amide bonds. The quantitative estimate of drug-likeness (QED) is 0.638. The summed E-state index contributed by atoms with van der Waals surface area (Å²) in [5, 5.41) is 3.82. The number of sulfonamides is 1. The van der Waals surface area contributed by atoms with Crippen molar-refractivity contribution in [3.05, 3.63) is 70.6 Å². The standard InChI is InChI=1S/C15H15N2O2S/c1-12-8-10-15(11-9-12)20(18,19)17-16-13(2)14-6-4-3-5-7-14/h3-11H,1-2H3/q-1/b16-13+. The van der Waals surface area contributed by atoms with Crippen LogP contribution >= 0.6 is 0 Å². The molecule has 0 saturated heterocycles. The van der Waals surface area contributed by atoms with Crippen LogP contribution in [0.5, 0.6) is 0 Å². The molecule has 2 rings (SSSR count). The second-order valence-corrected chi connectivity index (χ2v) is 6.01. The smallest absolute Gasteiger partial charge is 0.135 e. The summed E-state index contributed by atoms with van der Waals surface area (Å²) in [7, 11) is -3.74. The Morgan fingerprint density at radius 1 is 1.00 bits per heavy atom. The van der Waals surface area contributed by atoms with E-state index < -0.39 is 10.0 Å². The largest absolute Gasteiger partial charge is 0.490 e. The van der Waals surface area contributed by atoms with Crippen LogP contribution in [0.3, 0.4) is 0 Å². The molecule has 0 aliphatic rings. The van der Waals surface area contributed by atoms with Gasteiger partial charge in [0.15, 0.2) is 0 Å². The first-order valence-corrected chi connectivity index (χ1v) is 7.57. The Bertz CT molecular complexity index is 705. The Hall–Kier alpha value is -2.14. The van der Waals surface area contributed by atoms with Crippen molar-refractivity contribution in [3.8, 4) is 0 Å². The normalized spacial score (nSPS) is 12.2. The lowest BCUT2D eigenvalue weighted by atomic mass is 10.1. The third-order valence-corrected chi connectivity index (χ3v) is 3.97. The van der Waals surface area contributed by atoms with Crippen molar-refractivity contribution in [2.24, 2.45) is 5.10 Å². The van der Waals surface area contributed by atoms with E-state index in [2.05, 4.69) is 9.93 Å². The summed E-state index contributed by atoms with van der Waals surface area (Å²) in [6, 6.07) is 15.8. The summed E-state index contributed by atoms with van der Waals surface area (Å²) < 4.78 is 24.0. The maximum atomic E-state index is 12.0. The summed E-state index contributed by atoms with van der Waals surface area (Å²) in [6.07, 6.45) is 0. The molecule has 20 heavy (non-hydrogen) atoms. The summed E-state index contributed by atoms with van der Waals surface area (Å²) in [6.45, 7) is 3.62. The van der Waals surface area contributed by atoms with Crippen LogP contribution in [0, 0.1) is 6.92 Å². The van der Waals surface area contributed by atoms with Gasteiger partial charge < -0.3 is 9.93 Å². The van der Waals surface area contributed by atoms with Crippen molar-refractivity contribution >= 4 is 15.7 Å². The van der Waals surface area contributed by atoms with Gasteiger partial charge in [-0.1, -0.05) is 48.0 Å². The van der Waals surface area contributed by atoms with Crippen LogP contribution in [-0.4, -0.2) is 14.1 Å². The van der Waals surface area contributed by atoms with Crippen molar-refractivity contribution in [2.45, 2.75) is 18.7 Å². The van der Waals surface area contributed by atoms with Crippen LogP contribution in [0.1, 0.15) is 18.1 Å². The first-order valence-electron chi connectivity index (χ1n) is 6.13. The van der Waals surface area contributed by atoms with Crippen LogP contribution in [-0.2, 0) is 10.0 Å². The second kappa shape index (κ2) is 5.88. The first kappa shape index (κ1) is 14.3. The molecule has 0 aliphatic carbocycles. The zero-order valence-electron chi connectivity index (χ0n) is 11.3. The Morgan fingerprint density at radius 2 is 1.60 bits per heavy atom. The fourth-order valence-electron chi connectivity index (χ4n) is 1.61. The van der Waals surface area contributed by atoms with Gasteiger partial charge in [-0.15, -0.1) is 0 Å². The van der Waals surface area contributed by atoms with Gasteiger partial charge in [0.25, 0.3) is 0 Å². The monoisotopic (exact) mass is 287 g/mol. The minimum absolute atomic E-state index is 0.146. The van der Waals surface area contributed by atoms with E-state index in [-0.39, 0.29) is 4.90 Å². The summed E-state index contributed by atoms with van der Waals surface area (Å²) >= 11 is 0. The topological polar surface area (TPSA) is 60.6 Å². The molecular formula is C15H15N2O2S-. The molecule has 0 aromatic heterocycles. The van der Waals surface area contributed by atoms with E-state index in [1.54, 1.807) is 19.1 Å². The maximum Gasteiger partial charge on any atom is 0.135 e. The van der Waals surface area contributed by atoms with Gasteiger partial charge in [0.1, 0.15) is 10.0 Å². The summed E-state index contributed by atoms with van der Waals surface area (Å²) in [5.41, 5.74) is 2.39. The van der Waals surface area contributed by atoms with Crippen LogP contribution < -0.4 is 0 Å². The van der Waals surface area contributed by atoms with Crippen molar-refractivity contribution in [2.75, 3.05) is 0 Å². The zero-order valence-corrected chi connectivity index (χ0v) is 12.1. The molecule has 0 heterocycles. The number of nitrogens with zero attached hydrogens (tertiary/aromatic N) is 2. The highest BCUT2D eigenvalue weighted by atomic mass is 32.2. The third kappa shape index (κ3) is 3.45. The molecule has 0 radical (unpaired) electrons. The lowest BCUT2D eigenvalue weighted by Gasteiger charge is -2.17. The van der Waals surface area contributed by atoms with Gasteiger partial charge in [0.05, 0.1) is 4.90 Å². The van der Waals surface area contributed by atoms with Gasteiger partial charge in [-0.2, -0.15) is 0 Å². The molecule has 0 unspecified atom stereocenters. The molecule has 0 spiro atoms. The number of hydrogen-bond donors (Lipinski definition) is 0. The highest BCUT2D eigenvalue weighted by Crippen LogP contribution is 2.18. The molecule has 0 N–H and O–H groups in total. The van der Waals surface area contributed by atoms with Crippen LogP contribution in [0.4, 0.5) is 0 Å². The van der Waals surface area contributed by atoms with Gasteiger partial charge in [0.2, 0.25) is 0 Å². The molecular weight excluding hydrogens is 272 g/mol. The van der Waals surface area contributed by atoms with Crippen molar-refractivity contribution < 1.29 is 8.42 Å². The number of hydrogen-bond acceptors (Lipinski definition) is 3. The Balaban J connectivity index is 2.19. The van der Waals surface area contributed by atoms with Gasteiger partial charge >= 0.3 is 0 Å². The molecule has 0 saturated carbocycles. The van der Waals surface area contributed by atoms with E-state index in [1.807, 2.05) is 37.3 Å². The van der Waals surface area contributed by atoms with Crippen LogP contribution in [0.25, 0.3) is 4.83 Å². The number of rotatable bonds is 4. The molecule has 0 aliphatic heterocycles. The highest BCUT2D eigenvalue weighted by Gasteiger charge is 2.03. The molecule has 104 valence electrons. The van der Waals surface area contributed by atoms with Crippen LogP contribution in [0.2, 0.25) is 0 Å². The molecule has 5 heteroatoms.